The zero-order chi connectivity index (χ0) is 20.6. The zero-order valence-corrected chi connectivity index (χ0v) is 17.5. The number of amides is 2. The van der Waals surface area contributed by atoms with Crippen molar-refractivity contribution in [2.45, 2.75) is 70.9 Å². The SMILES string of the molecule is CC(C)COC(=O)NC(Cc1c[nH]c2ccccc12)C(=O)NC1CCCCCC1. The largest absolute Gasteiger partial charge is 0.449 e. The maximum Gasteiger partial charge on any atom is 0.407 e. The lowest BCUT2D eigenvalue weighted by atomic mass is 10.0. The first kappa shape index (κ1) is 21.2. The molecule has 1 aromatic carbocycles. The Kier molecular flexibility index (Phi) is 7.55. The molecule has 2 aromatic rings. The smallest absolute Gasteiger partial charge is 0.407 e. The summed E-state index contributed by atoms with van der Waals surface area (Å²) in [5.41, 5.74) is 2.03. The van der Waals surface area contributed by atoms with Crippen LogP contribution in [-0.2, 0) is 16.0 Å². The molecule has 1 heterocycles. The molecule has 1 fully saturated rings. The first-order chi connectivity index (χ1) is 14.0. The van der Waals surface area contributed by atoms with Gasteiger partial charge in [-0.3, -0.25) is 4.79 Å². The lowest BCUT2D eigenvalue weighted by molar-refractivity contribution is -0.123. The summed E-state index contributed by atoms with van der Waals surface area (Å²) in [6.07, 6.45) is 8.53. The molecule has 158 valence electrons. The number of ether oxygens (including phenoxy) is 1. The zero-order valence-electron chi connectivity index (χ0n) is 17.5. The number of H-pyrrole nitrogens is 1. The number of aromatic amines is 1. The fourth-order valence-corrected chi connectivity index (χ4v) is 3.88. The number of para-hydroxylation sites is 1. The molecule has 1 atom stereocenters. The number of fused-ring (bicyclic) bond motifs is 1. The molecule has 0 spiro atoms. The van der Waals surface area contributed by atoms with E-state index >= 15 is 0 Å². The summed E-state index contributed by atoms with van der Waals surface area (Å²) in [4.78, 5) is 28.6. The molecule has 6 nitrogen and oxygen atoms in total. The van der Waals surface area contributed by atoms with Crippen LogP contribution in [0.3, 0.4) is 0 Å². The van der Waals surface area contributed by atoms with Gasteiger partial charge in [-0.2, -0.15) is 0 Å². The summed E-state index contributed by atoms with van der Waals surface area (Å²) in [7, 11) is 0. The van der Waals surface area contributed by atoms with Crippen LogP contribution in [0.1, 0.15) is 57.9 Å². The van der Waals surface area contributed by atoms with E-state index in [1.54, 1.807) is 0 Å². The number of nitrogens with one attached hydrogen (secondary N) is 3. The van der Waals surface area contributed by atoms with E-state index in [-0.39, 0.29) is 17.9 Å². The molecule has 1 aromatic heterocycles. The van der Waals surface area contributed by atoms with Crippen LogP contribution in [0.5, 0.6) is 0 Å². The van der Waals surface area contributed by atoms with E-state index in [1.165, 1.54) is 12.8 Å². The van der Waals surface area contributed by atoms with Crippen LogP contribution < -0.4 is 10.6 Å². The molecule has 6 heteroatoms. The molecule has 1 saturated carbocycles. The van der Waals surface area contributed by atoms with Gasteiger partial charge in [-0.05, 0) is 30.4 Å². The van der Waals surface area contributed by atoms with Crippen LogP contribution in [0.25, 0.3) is 10.9 Å². The van der Waals surface area contributed by atoms with Crippen molar-refractivity contribution in [1.29, 1.82) is 0 Å². The van der Waals surface area contributed by atoms with E-state index in [2.05, 4.69) is 15.6 Å². The fraction of sp³-hybridized carbons (Fsp3) is 0.565. The minimum atomic E-state index is -0.669. The quantitative estimate of drug-likeness (QED) is 0.607. The first-order valence-electron chi connectivity index (χ1n) is 10.8. The lowest BCUT2D eigenvalue weighted by Crippen LogP contribution is -2.50. The number of carbonyl (C=O) groups is 2. The van der Waals surface area contributed by atoms with E-state index in [0.29, 0.717) is 13.0 Å². The van der Waals surface area contributed by atoms with Gasteiger partial charge >= 0.3 is 6.09 Å². The van der Waals surface area contributed by atoms with Gasteiger partial charge in [-0.1, -0.05) is 57.7 Å². The second-order valence-corrected chi connectivity index (χ2v) is 8.45. The first-order valence-corrected chi connectivity index (χ1v) is 10.8. The number of hydrogen-bond donors (Lipinski definition) is 3. The van der Waals surface area contributed by atoms with Gasteiger partial charge in [0.05, 0.1) is 6.61 Å². The number of hydrogen-bond acceptors (Lipinski definition) is 3. The van der Waals surface area contributed by atoms with Crippen LogP contribution in [0.4, 0.5) is 4.79 Å². The average Bonchev–Trinajstić information content (AvgIpc) is 2.92. The van der Waals surface area contributed by atoms with Crippen LogP contribution in [-0.4, -0.2) is 35.7 Å². The standard InChI is InChI=1S/C23H33N3O3/c1-16(2)15-29-23(28)26-21(22(27)25-18-9-5-3-4-6-10-18)13-17-14-24-20-12-8-7-11-19(17)20/h7-8,11-12,14,16,18,21,24H,3-6,9-10,13,15H2,1-2H3,(H,25,27)(H,26,28). The summed E-state index contributed by atoms with van der Waals surface area (Å²) in [5.74, 6) is 0.108. The molecule has 1 unspecified atom stereocenters. The Labute approximate surface area is 172 Å². The van der Waals surface area contributed by atoms with Crippen LogP contribution in [0, 0.1) is 5.92 Å². The van der Waals surface area contributed by atoms with Gasteiger partial charge in [0.15, 0.2) is 0 Å². The molecule has 1 aliphatic rings. The van der Waals surface area contributed by atoms with Gasteiger partial charge < -0.3 is 20.4 Å². The summed E-state index contributed by atoms with van der Waals surface area (Å²) in [6.45, 7) is 4.29. The molecule has 0 saturated heterocycles. The lowest BCUT2D eigenvalue weighted by Gasteiger charge is -2.22. The molecule has 2 amide bonds. The van der Waals surface area contributed by atoms with Crippen molar-refractivity contribution in [1.82, 2.24) is 15.6 Å². The number of carbonyl (C=O) groups excluding carboxylic acids is 2. The number of rotatable bonds is 7. The van der Waals surface area contributed by atoms with Gasteiger partial charge in [-0.25, -0.2) is 4.79 Å². The van der Waals surface area contributed by atoms with Crippen molar-refractivity contribution in [3.05, 3.63) is 36.0 Å². The molecule has 3 N–H and O–H groups in total. The highest BCUT2D eigenvalue weighted by Crippen LogP contribution is 2.20. The van der Waals surface area contributed by atoms with Crippen molar-refractivity contribution in [2.24, 2.45) is 5.92 Å². The summed E-state index contributed by atoms with van der Waals surface area (Å²) >= 11 is 0. The summed E-state index contributed by atoms with van der Waals surface area (Å²) < 4.78 is 5.26. The minimum absolute atomic E-state index is 0.135. The molecule has 29 heavy (non-hydrogen) atoms. The second kappa shape index (κ2) is 10.3. The monoisotopic (exact) mass is 399 g/mol. The van der Waals surface area contributed by atoms with Gasteiger partial charge in [0.2, 0.25) is 5.91 Å². The maximum absolute atomic E-state index is 13.1. The molecular weight excluding hydrogens is 366 g/mol. The predicted octanol–water partition coefficient (Wildman–Crippen LogP) is 4.30. The van der Waals surface area contributed by atoms with E-state index in [0.717, 1.165) is 42.1 Å². The third-order valence-electron chi connectivity index (χ3n) is 5.46. The Morgan fingerprint density at radius 3 is 2.59 bits per heavy atom. The third-order valence-corrected chi connectivity index (χ3v) is 5.46. The summed E-state index contributed by atoms with van der Waals surface area (Å²) in [5, 5.41) is 7.03. The highest BCUT2D eigenvalue weighted by Gasteiger charge is 2.26. The average molecular weight is 400 g/mol. The number of alkyl carbamates (subject to hydrolysis) is 1. The van der Waals surface area contributed by atoms with Crippen molar-refractivity contribution >= 4 is 22.9 Å². The fourth-order valence-electron chi connectivity index (χ4n) is 3.88. The molecule has 3 rings (SSSR count). The topological polar surface area (TPSA) is 83.2 Å². The van der Waals surface area contributed by atoms with Gasteiger partial charge in [0.1, 0.15) is 6.04 Å². The Morgan fingerprint density at radius 2 is 1.86 bits per heavy atom. The number of benzene rings is 1. The van der Waals surface area contributed by atoms with E-state index in [9.17, 15) is 9.59 Å². The molecule has 0 aliphatic heterocycles. The van der Waals surface area contributed by atoms with Gasteiger partial charge in [0.25, 0.3) is 0 Å². The minimum Gasteiger partial charge on any atom is -0.449 e. The summed E-state index contributed by atoms with van der Waals surface area (Å²) in [6, 6.07) is 7.49. The van der Waals surface area contributed by atoms with Crippen LogP contribution in [0.15, 0.2) is 30.5 Å². The Morgan fingerprint density at radius 1 is 1.14 bits per heavy atom. The Bertz CT molecular complexity index is 807. The van der Waals surface area contributed by atoms with E-state index in [4.69, 9.17) is 4.74 Å². The van der Waals surface area contributed by atoms with Crippen molar-refractivity contribution in [2.75, 3.05) is 6.61 Å². The number of aromatic nitrogens is 1. The Balaban J connectivity index is 1.71. The van der Waals surface area contributed by atoms with E-state index < -0.39 is 12.1 Å². The predicted molar refractivity (Wildman–Crippen MR) is 115 cm³/mol. The van der Waals surface area contributed by atoms with Crippen LogP contribution in [0.2, 0.25) is 0 Å². The maximum atomic E-state index is 13.1. The third kappa shape index (κ3) is 6.24. The van der Waals surface area contributed by atoms with Crippen molar-refractivity contribution in [3.8, 4) is 0 Å². The van der Waals surface area contributed by atoms with Crippen LogP contribution >= 0.6 is 0 Å². The highest BCUT2D eigenvalue weighted by atomic mass is 16.5. The van der Waals surface area contributed by atoms with Crippen molar-refractivity contribution in [3.63, 3.8) is 0 Å². The van der Waals surface area contributed by atoms with Gasteiger partial charge in [-0.15, -0.1) is 0 Å². The normalized spacial score (nSPS) is 16.4. The Hall–Kier alpha value is -2.50. The van der Waals surface area contributed by atoms with Crippen molar-refractivity contribution < 1.29 is 14.3 Å². The molecule has 0 radical (unpaired) electrons. The second-order valence-electron chi connectivity index (χ2n) is 8.45. The molecule has 0 bridgehead atoms. The molecule has 1 aliphatic carbocycles. The highest BCUT2D eigenvalue weighted by molar-refractivity contribution is 5.88. The van der Waals surface area contributed by atoms with E-state index in [1.807, 2.05) is 44.3 Å². The molecular formula is C23H33N3O3. The van der Waals surface area contributed by atoms with Gasteiger partial charge in [0, 0.05) is 29.6 Å².